The minimum atomic E-state index is -3.69. The fraction of sp³-hybridized carbons (Fsp3) is 0.500. The molecule has 0 amide bonds. The lowest BCUT2D eigenvalue weighted by atomic mass is 9.82. The molecule has 1 heterocycles. The predicted octanol–water partition coefficient (Wildman–Crippen LogP) is 4.46. The summed E-state index contributed by atoms with van der Waals surface area (Å²) in [5.41, 5.74) is 0.897. The number of nitrogens with zero attached hydrogens (tertiary/aromatic N) is 1. The van der Waals surface area contributed by atoms with Crippen LogP contribution in [0.3, 0.4) is 0 Å². The molecule has 1 aromatic heterocycles. The summed E-state index contributed by atoms with van der Waals surface area (Å²) in [6.45, 7) is 12.3. The summed E-state index contributed by atoms with van der Waals surface area (Å²) in [6, 6.07) is 8.59. The molecule has 0 saturated carbocycles. The second kappa shape index (κ2) is 6.24. The highest BCUT2D eigenvalue weighted by molar-refractivity contribution is 7.92. The summed E-state index contributed by atoms with van der Waals surface area (Å²) in [5.74, 6) is 0.818. The maximum atomic E-state index is 12.5. The number of aromatic nitrogens is 1. The van der Waals surface area contributed by atoms with Gasteiger partial charge in [-0.1, -0.05) is 58.8 Å². The van der Waals surface area contributed by atoms with Crippen molar-refractivity contribution < 1.29 is 12.9 Å². The van der Waals surface area contributed by atoms with Crippen molar-refractivity contribution in [3.8, 4) is 0 Å². The molecule has 0 fully saturated rings. The first-order chi connectivity index (χ1) is 11.0. The van der Waals surface area contributed by atoms with Crippen LogP contribution in [0.25, 0.3) is 0 Å². The van der Waals surface area contributed by atoms with Crippen molar-refractivity contribution in [2.45, 2.75) is 63.7 Å². The zero-order valence-electron chi connectivity index (χ0n) is 15.2. The molecule has 5 nitrogen and oxygen atoms in total. The van der Waals surface area contributed by atoms with Gasteiger partial charge in [-0.25, -0.2) is 8.42 Å². The molecular weight excluding hydrogens is 324 g/mol. The van der Waals surface area contributed by atoms with E-state index in [-0.39, 0.29) is 21.5 Å². The van der Waals surface area contributed by atoms with Crippen molar-refractivity contribution >= 4 is 15.8 Å². The maximum absolute atomic E-state index is 12.5. The van der Waals surface area contributed by atoms with Crippen molar-refractivity contribution in [2.75, 3.05) is 4.72 Å². The average molecular weight is 350 g/mol. The second-order valence-corrected chi connectivity index (χ2v) is 9.38. The standard InChI is InChI=1S/C18H26N2O3S/c1-7-18(5,6)13-8-10-14(11-9-13)24(21,22)20-16-12-15(23-19-16)17(2,3)4/h8-12H,7H2,1-6H3,(H,19,20). The third-order valence-electron chi connectivity index (χ3n) is 4.32. The van der Waals surface area contributed by atoms with Gasteiger partial charge in [-0.15, -0.1) is 0 Å². The van der Waals surface area contributed by atoms with E-state index < -0.39 is 10.0 Å². The normalized spacial score (nSPS) is 13.1. The number of hydrogen-bond donors (Lipinski definition) is 1. The van der Waals surface area contributed by atoms with Gasteiger partial charge < -0.3 is 4.52 Å². The van der Waals surface area contributed by atoms with Crippen molar-refractivity contribution in [3.63, 3.8) is 0 Å². The fourth-order valence-electron chi connectivity index (χ4n) is 2.16. The molecule has 0 bridgehead atoms. The van der Waals surface area contributed by atoms with Gasteiger partial charge in [0.05, 0.1) is 4.90 Å². The molecule has 0 atom stereocenters. The van der Waals surface area contributed by atoms with Crippen molar-refractivity contribution in [2.24, 2.45) is 0 Å². The molecule has 0 aliphatic heterocycles. The van der Waals surface area contributed by atoms with Crippen LogP contribution in [0.4, 0.5) is 5.82 Å². The van der Waals surface area contributed by atoms with Gasteiger partial charge in [-0.2, -0.15) is 0 Å². The Labute approximate surface area is 144 Å². The minimum Gasteiger partial charge on any atom is -0.359 e. The molecule has 0 aliphatic rings. The minimum absolute atomic E-state index is 0.0173. The van der Waals surface area contributed by atoms with E-state index >= 15 is 0 Å². The molecule has 132 valence electrons. The summed E-state index contributed by atoms with van der Waals surface area (Å²) < 4.78 is 32.7. The Balaban J connectivity index is 2.23. The van der Waals surface area contributed by atoms with E-state index in [0.29, 0.717) is 5.76 Å². The van der Waals surface area contributed by atoms with E-state index in [1.165, 1.54) is 0 Å². The van der Waals surface area contributed by atoms with Gasteiger partial charge >= 0.3 is 0 Å². The Bertz CT molecular complexity index is 798. The Morgan fingerprint density at radius 1 is 1.08 bits per heavy atom. The van der Waals surface area contributed by atoms with Crippen LogP contribution in [-0.4, -0.2) is 13.6 Å². The first-order valence-corrected chi connectivity index (χ1v) is 9.54. The quantitative estimate of drug-likeness (QED) is 0.864. The molecule has 2 aromatic rings. The van der Waals surface area contributed by atoms with Crippen LogP contribution in [0.15, 0.2) is 39.8 Å². The Kier molecular flexibility index (Phi) is 4.81. The zero-order chi connectivity index (χ0) is 18.2. The van der Waals surface area contributed by atoms with Gasteiger partial charge in [0.2, 0.25) is 0 Å². The number of sulfonamides is 1. The highest BCUT2D eigenvalue weighted by Gasteiger charge is 2.23. The SMILES string of the molecule is CCC(C)(C)c1ccc(S(=O)(=O)Nc2cc(C(C)(C)C)on2)cc1. The smallest absolute Gasteiger partial charge is 0.263 e. The van der Waals surface area contributed by atoms with Gasteiger partial charge in [0.1, 0.15) is 5.76 Å². The van der Waals surface area contributed by atoms with E-state index in [2.05, 4.69) is 30.6 Å². The van der Waals surface area contributed by atoms with Crippen LogP contribution < -0.4 is 4.72 Å². The highest BCUT2D eigenvalue weighted by atomic mass is 32.2. The molecule has 0 saturated heterocycles. The molecule has 0 spiro atoms. The molecule has 0 aliphatic carbocycles. The van der Waals surface area contributed by atoms with Crippen molar-refractivity contribution in [1.82, 2.24) is 5.16 Å². The molecule has 0 unspecified atom stereocenters. The van der Waals surface area contributed by atoms with Crippen LogP contribution in [-0.2, 0) is 20.9 Å². The monoisotopic (exact) mass is 350 g/mol. The van der Waals surface area contributed by atoms with Gasteiger partial charge in [0.25, 0.3) is 10.0 Å². The van der Waals surface area contributed by atoms with Gasteiger partial charge in [0, 0.05) is 11.5 Å². The third kappa shape index (κ3) is 3.98. The van der Waals surface area contributed by atoms with Crippen molar-refractivity contribution in [3.05, 3.63) is 41.7 Å². The zero-order valence-corrected chi connectivity index (χ0v) is 16.0. The summed E-state index contributed by atoms with van der Waals surface area (Å²) in [6.07, 6.45) is 0.978. The Morgan fingerprint density at radius 2 is 1.67 bits per heavy atom. The molecular formula is C18H26N2O3S. The summed E-state index contributed by atoms with van der Waals surface area (Å²) in [5, 5.41) is 3.80. The first-order valence-electron chi connectivity index (χ1n) is 8.06. The molecule has 1 N–H and O–H groups in total. The largest absolute Gasteiger partial charge is 0.359 e. The molecule has 6 heteroatoms. The second-order valence-electron chi connectivity index (χ2n) is 7.69. The Hall–Kier alpha value is -1.82. The maximum Gasteiger partial charge on any atom is 0.263 e. The summed E-state index contributed by atoms with van der Waals surface area (Å²) in [7, 11) is -3.69. The highest BCUT2D eigenvalue weighted by Crippen LogP contribution is 2.28. The van der Waals surface area contributed by atoms with Gasteiger partial charge in [-0.05, 0) is 29.5 Å². The predicted molar refractivity (Wildman–Crippen MR) is 95.8 cm³/mol. The first kappa shape index (κ1) is 18.5. The van der Waals surface area contributed by atoms with Crippen LogP contribution in [0, 0.1) is 0 Å². The molecule has 0 radical (unpaired) electrons. The lowest BCUT2D eigenvalue weighted by Gasteiger charge is -2.23. The van der Waals surface area contributed by atoms with E-state index in [1.807, 2.05) is 32.9 Å². The molecule has 24 heavy (non-hydrogen) atoms. The van der Waals surface area contributed by atoms with E-state index in [9.17, 15) is 8.42 Å². The van der Waals surface area contributed by atoms with E-state index in [4.69, 9.17) is 4.52 Å². The lowest BCUT2D eigenvalue weighted by Crippen LogP contribution is -2.17. The third-order valence-corrected chi connectivity index (χ3v) is 5.69. The molecule has 2 rings (SSSR count). The topological polar surface area (TPSA) is 72.2 Å². The Morgan fingerprint density at radius 3 is 2.12 bits per heavy atom. The van der Waals surface area contributed by atoms with Crippen molar-refractivity contribution in [1.29, 1.82) is 0 Å². The number of nitrogens with one attached hydrogen (secondary N) is 1. The van der Waals surface area contributed by atoms with E-state index in [0.717, 1.165) is 12.0 Å². The summed E-state index contributed by atoms with van der Waals surface area (Å²) >= 11 is 0. The van der Waals surface area contributed by atoms with Crippen LogP contribution in [0.2, 0.25) is 0 Å². The summed E-state index contributed by atoms with van der Waals surface area (Å²) in [4.78, 5) is 0.207. The number of benzene rings is 1. The molecule has 1 aromatic carbocycles. The van der Waals surface area contributed by atoms with Crippen LogP contribution in [0.1, 0.15) is 59.3 Å². The number of rotatable bonds is 5. The van der Waals surface area contributed by atoms with Crippen LogP contribution >= 0.6 is 0 Å². The number of anilines is 1. The number of hydrogen-bond acceptors (Lipinski definition) is 4. The van der Waals surface area contributed by atoms with Crippen LogP contribution in [0.5, 0.6) is 0 Å². The lowest BCUT2D eigenvalue weighted by molar-refractivity contribution is 0.331. The van der Waals surface area contributed by atoms with Gasteiger partial charge in [-0.3, -0.25) is 4.72 Å². The van der Waals surface area contributed by atoms with Gasteiger partial charge in [0.15, 0.2) is 5.82 Å². The van der Waals surface area contributed by atoms with E-state index in [1.54, 1.807) is 18.2 Å². The average Bonchev–Trinajstić information content (AvgIpc) is 2.95. The fourth-order valence-corrected chi connectivity index (χ4v) is 3.15.